The van der Waals surface area contributed by atoms with E-state index in [2.05, 4.69) is 5.32 Å². The molecule has 0 saturated carbocycles. The SMILES string of the molecule is NS(=O)(=O)c1ccc(CCNC(=O)c2ccc(C=O)cc2)cc1. The van der Waals surface area contributed by atoms with Crippen molar-refractivity contribution in [1.82, 2.24) is 5.32 Å². The normalized spacial score (nSPS) is 11.0. The largest absolute Gasteiger partial charge is 0.352 e. The van der Waals surface area contributed by atoms with E-state index in [0.29, 0.717) is 30.4 Å². The first-order valence-corrected chi connectivity index (χ1v) is 8.40. The molecule has 2 rings (SSSR count). The van der Waals surface area contributed by atoms with Gasteiger partial charge in [-0.15, -0.1) is 0 Å². The van der Waals surface area contributed by atoms with Crippen molar-refractivity contribution in [2.75, 3.05) is 6.54 Å². The predicted molar refractivity (Wildman–Crippen MR) is 85.7 cm³/mol. The van der Waals surface area contributed by atoms with Gasteiger partial charge in [-0.3, -0.25) is 9.59 Å². The highest BCUT2D eigenvalue weighted by molar-refractivity contribution is 7.89. The second-order valence-corrected chi connectivity index (χ2v) is 6.50. The molecule has 0 aliphatic heterocycles. The molecule has 0 bridgehead atoms. The van der Waals surface area contributed by atoms with Crippen molar-refractivity contribution in [3.63, 3.8) is 0 Å². The predicted octanol–water partition coefficient (Wildman–Crippen LogP) is 1.12. The van der Waals surface area contributed by atoms with Crippen LogP contribution in [0.4, 0.5) is 0 Å². The Bertz CT molecular complexity index is 797. The molecule has 0 atom stereocenters. The summed E-state index contributed by atoms with van der Waals surface area (Å²) in [6.45, 7) is 0.406. The lowest BCUT2D eigenvalue weighted by Gasteiger charge is -2.06. The Balaban J connectivity index is 1.88. The summed E-state index contributed by atoms with van der Waals surface area (Å²) < 4.78 is 22.3. The lowest BCUT2D eigenvalue weighted by atomic mass is 10.1. The molecule has 0 spiro atoms. The molecule has 7 heteroatoms. The molecule has 0 aromatic heterocycles. The lowest BCUT2D eigenvalue weighted by Crippen LogP contribution is -2.25. The third-order valence-electron chi connectivity index (χ3n) is 3.26. The molecular weight excluding hydrogens is 316 g/mol. The van der Waals surface area contributed by atoms with Gasteiger partial charge in [0.1, 0.15) is 6.29 Å². The first kappa shape index (κ1) is 16.9. The number of rotatable bonds is 6. The minimum atomic E-state index is -3.69. The fourth-order valence-corrected chi connectivity index (χ4v) is 2.50. The van der Waals surface area contributed by atoms with E-state index in [1.54, 1.807) is 36.4 Å². The van der Waals surface area contributed by atoms with Gasteiger partial charge in [-0.05, 0) is 36.2 Å². The van der Waals surface area contributed by atoms with E-state index in [9.17, 15) is 18.0 Å². The third-order valence-corrected chi connectivity index (χ3v) is 4.19. The molecule has 0 aliphatic carbocycles. The zero-order valence-electron chi connectivity index (χ0n) is 12.2. The Morgan fingerprint density at radius 1 is 1.04 bits per heavy atom. The van der Waals surface area contributed by atoms with Crippen molar-refractivity contribution in [1.29, 1.82) is 0 Å². The van der Waals surface area contributed by atoms with E-state index in [1.165, 1.54) is 12.1 Å². The van der Waals surface area contributed by atoms with E-state index in [1.807, 2.05) is 0 Å². The van der Waals surface area contributed by atoms with E-state index in [0.717, 1.165) is 5.56 Å². The molecule has 0 saturated heterocycles. The minimum Gasteiger partial charge on any atom is -0.352 e. The van der Waals surface area contributed by atoms with Crippen molar-refractivity contribution in [3.8, 4) is 0 Å². The van der Waals surface area contributed by atoms with Gasteiger partial charge in [0.15, 0.2) is 0 Å². The summed E-state index contributed by atoms with van der Waals surface area (Å²) in [5, 5.41) is 7.78. The van der Waals surface area contributed by atoms with Crippen LogP contribution in [0.15, 0.2) is 53.4 Å². The van der Waals surface area contributed by atoms with Gasteiger partial charge >= 0.3 is 0 Å². The quantitative estimate of drug-likeness (QED) is 0.773. The summed E-state index contributed by atoms with van der Waals surface area (Å²) in [7, 11) is -3.69. The maximum absolute atomic E-state index is 11.9. The van der Waals surface area contributed by atoms with Gasteiger partial charge in [0, 0.05) is 17.7 Å². The van der Waals surface area contributed by atoms with Crippen LogP contribution in [0.2, 0.25) is 0 Å². The molecule has 6 nitrogen and oxygen atoms in total. The molecule has 3 N–H and O–H groups in total. The van der Waals surface area contributed by atoms with Crippen molar-refractivity contribution >= 4 is 22.2 Å². The second kappa shape index (κ2) is 7.17. The number of nitrogens with one attached hydrogen (secondary N) is 1. The standard InChI is InChI=1S/C16H16N2O4S/c17-23(21,22)15-7-3-12(4-8-15)9-10-18-16(20)14-5-1-13(11-19)2-6-14/h1-8,11H,9-10H2,(H,18,20)(H2,17,21,22). The summed E-state index contributed by atoms with van der Waals surface area (Å²) in [5.41, 5.74) is 1.87. The average molecular weight is 332 g/mol. The van der Waals surface area contributed by atoms with Gasteiger partial charge in [-0.2, -0.15) is 0 Å². The summed E-state index contributed by atoms with van der Waals surface area (Å²) in [6.07, 6.45) is 1.27. The molecule has 23 heavy (non-hydrogen) atoms. The zero-order valence-corrected chi connectivity index (χ0v) is 13.0. The van der Waals surface area contributed by atoms with Crippen LogP contribution in [0.5, 0.6) is 0 Å². The van der Waals surface area contributed by atoms with Crippen LogP contribution < -0.4 is 10.5 Å². The van der Waals surface area contributed by atoms with Crippen LogP contribution in [-0.2, 0) is 16.4 Å². The number of amides is 1. The number of nitrogens with two attached hydrogens (primary N) is 1. The maximum atomic E-state index is 11.9. The van der Waals surface area contributed by atoms with Crippen LogP contribution in [0.3, 0.4) is 0 Å². The zero-order chi connectivity index (χ0) is 16.9. The van der Waals surface area contributed by atoms with Gasteiger partial charge in [0.05, 0.1) is 4.90 Å². The number of benzene rings is 2. The summed E-state index contributed by atoms with van der Waals surface area (Å²) >= 11 is 0. The Morgan fingerprint density at radius 3 is 2.17 bits per heavy atom. The number of hydrogen-bond donors (Lipinski definition) is 2. The van der Waals surface area contributed by atoms with Crippen molar-refractivity contribution in [2.45, 2.75) is 11.3 Å². The van der Waals surface area contributed by atoms with Gasteiger partial charge in [-0.1, -0.05) is 24.3 Å². The number of primary sulfonamides is 1. The Labute approximate surface area is 134 Å². The average Bonchev–Trinajstić information content (AvgIpc) is 2.54. The van der Waals surface area contributed by atoms with Crippen molar-refractivity contribution < 1.29 is 18.0 Å². The molecule has 2 aromatic carbocycles. The third kappa shape index (κ3) is 4.73. The molecule has 0 heterocycles. The fourth-order valence-electron chi connectivity index (χ4n) is 1.98. The van der Waals surface area contributed by atoms with Crippen LogP contribution in [-0.4, -0.2) is 27.2 Å². The first-order valence-electron chi connectivity index (χ1n) is 6.85. The van der Waals surface area contributed by atoms with Crippen LogP contribution in [0, 0.1) is 0 Å². The summed E-state index contributed by atoms with van der Waals surface area (Å²) in [6, 6.07) is 12.5. The number of aldehydes is 1. The van der Waals surface area contributed by atoms with E-state index in [4.69, 9.17) is 5.14 Å². The van der Waals surface area contributed by atoms with E-state index >= 15 is 0 Å². The van der Waals surface area contributed by atoms with Gasteiger partial charge < -0.3 is 5.32 Å². The topological polar surface area (TPSA) is 106 Å². The molecule has 2 aromatic rings. The molecule has 1 amide bonds. The van der Waals surface area contributed by atoms with Gasteiger partial charge in [0.2, 0.25) is 10.0 Å². The van der Waals surface area contributed by atoms with Crippen molar-refractivity contribution in [3.05, 3.63) is 65.2 Å². The van der Waals surface area contributed by atoms with Crippen LogP contribution >= 0.6 is 0 Å². The summed E-state index contributed by atoms with van der Waals surface area (Å²) in [5.74, 6) is -0.233. The highest BCUT2D eigenvalue weighted by Crippen LogP contribution is 2.09. The number of carbonyl (C=O) groups is 2. The fraction of sp³-hybridized carbons (Fsp3) is 0.125. The van der Waals surface area contributed by atoms with Crippen LogP contribution in [0.1, 0.15) is 26.3 Å². The summed E-state index contributed by atoms with van der Waals surface area (Å²) in [4.78, 5) is 22.5. The molecule has 0 fully saturated rings. The van der Waals surface area contributed by atoms with E-state index in [-0.39, 0.29) is 10.8 Å². The Morgan fingerprint density at radius 2 is 1.65 bits per heavy atom. The number of carbonyl (C=O) groups excluding carboxylic acids is 2. The van der Waals surface area contributed by atoms with E-state index < -0.39 is 10.0 Å². The number of sulfonamides is 1. The second-order valence-electron chi connectivity index (χ2n) is 4.93. The highest BCUT2D eigenvalue weighted by atomic mass is 32.2. The van der Waals surface area contributed by atoms with Gasteiger partial charge in [0.25, 0.3) is 5.91 Å². The minimum absolute atomic E-state index is 0.0561. The Kier molecular flexibility index (Phi) is 5.25. The smallest absolute Gasteiger partial charge is 0.251 e. The highest BCUT2D eigenvalue weighted by Gasteiger charge is 2.07. The number of hydrogen-bond acceptors (Lipinski definition) is 4. The van der Waals surface area contributed by atoms with Crippen molar-refractivity contribution in [2.24, 2.45) is 5.14 Å². The maximum Gasteiger partial charge on any atom is 0.251 e. The molecule has 0 aliphatic rings. The monoisotopic (exact) mass is 332 g/mol. The van der Waals surface area contributed by atoms with Crippen LogP contribution in [0.25, 0.3) is 0 Å². The van der Waals surface area contributed by atoms with Gasteiger partial charge in [-0.25, -0.2) is 13.6 Å². The lowest BCUT2D eigenvalue weighted by molar-refractivity contribution is 0.0953. The first-order chi connectivity index (χ1) is 10.9. The molecular formula is C16H16N2O4S. The molecule has 120 valence electrons. The molecule has 0 radical (unpaired) electrons. The Hall–Kier alpha value is -2.51. The molecule has 0 unspecified atom stereocenters.